The van der Waals surface area contributed by atoms with E-state index in [1.165, 1.54) is 0 Å². The SMILES string of the molecule is Nc1ccccc1C=CCS. The van der Waals surface area contributed by atoms with E-state index in [1.54, 1.807) is 0 Å². The molecule has 58 valence electrons. The number of benzene rings is 1. The van der Waals surface area contributed by atoms with Crippen molar-refractivity contribution in [3.63, 3.8) is 0 Å². The molecule has 0 atom stereocenters. The quantitative estimate of drug-likeness (QED) is 0.510. The minimum Gasteiger partial charge on any atom is -0.398 e. The highest BCUT2D eigenvalue weighted by molar-refractivity contribution is 7.80. The first kappa shape index (κ1) is 8.21. The Bertz CT molecular complexity index is 255. The van der Waals surface area contributed by atoms with Crippen molar-refractivity contribution < 1.29 is 0 Å². The van der Waals surface area contributed by atoms with Gasteiger partial charge in [-0.2, -0.15) is 12.6 Å². The number of nitrogen functional groups attached to an aromatic ring is 1. The van der Waals surface area contributed by atoms with Crippen molar-refractivity contribution in [2.45, 2.75) is 0 Å². The second-order valence-corrected chi connectivity index (χ2v) is 2.58. The lowest BCUT2D eigenvalue weighted by Crippen LogP contribution is -1.87. The van der Waals surface area contributed by atoms with Gasteiger partial charge in [-0.25, -0.2) is 0 Å². The maximum atomic E-state index is 5.69. The van der Waals surface area contributed by atoms with Gasteiger partial charge in [-0.05, 0) is 11.6 Å². The van der Waals surface area contributed by atoms with E-state index in [1.807, 2.05) is 36.4 Å². The Morgan fingerprint density at radius 2 is 2.09 bits per heavy atom. The second-order valence-electron chi connectivity index (χ2n) is 2.21. The smallest absolute Gasteiger partial charge is 0.0387 e. The molecule has 1 aromatic carbocycles. The van der Waals surface area contributed by atoms with E-state index in [0.717, 1.165) is 17.0 Å². The summed E-state index contributed by atoms with van der Waals surface area (Å²) in [5, 5.41) is 0. The van der Waals surface area contributed by atoms with Gasteiger partial charge < -0.3 is 5.73 Å². The van der Waals surface area contributed by atoms with Crippen LogP contribution in [0.1, 0.15) is 5.56 Å². The van der Waals surface area contributed by atoms with Crippen LogP contribution in [0.3, 0.4) is 0 Å². The zero-order chi connectivity index (χ0) is 8.10. The lowest BCUT2D eigenvalue weighted by molar-refractivity contribution is 1.63. The topological polar surface area (TPSA) is 26.0 Å². The van der Waals surface area contributed by atoms with Gasteiger partial charge in [-0.15, -0.1) is 0 Å². The fraction of sp³-hybridized carbons (Fsp3) is 0.111. The second kappa shape index (κ2) is 4.09. The summed E-state index contributed by atoms with van der Waals surface area (Å²) in [6, 6.07) is 7.76. The van der Waals surface area contributed by atoms with Gasteiger partial charge in [-0.1, -0.05) is 30.4 Å². The first-order valence-electron chi connectivity index (χ1n) is 3.46. The van der Waals surface area contributed by atoms with E-state index in [9.17, 15) is 0 Å². The molecule has 0 radical (unpaired) electrons. The van der Waals surface area contributed by atoms with Crippen LogP contribution in [0.25, 0.3) is 6.08 Å². The number of para-hydroxylation sites is 1. The van der Waals surface area contributed by atoms with Crippen LogP contribution in [0.4, 0.5) is 5.69 Å². The van der Waals surface area contributed by atoms with Gasteiger partial charge in [0.25, 0.3) is 0 Å². The fourth-order valence-electron chi connectivity index (χ4n) is 0.842. The molecule has 0 amide bonds. The number of nitrogens with two attached hydrogens (primary N) is 1. The van der Waals surface area contributed by atoms with E-state index < -0.39 is 0 Å². The maximum Gasteiger partial charge on any atom is 0.0387 e. The standard InChI is InChI=1S/C9H11NS/c10-9-6-2-1-4-8(9)5-3-7-11/h1-6,11H,7,10H2. The van der Waals surface area contributed by atoms with Crippen LogP contribution in [0, 0.1) is 0 Å². The van der Waals surface area contributed by atoms with Gasteiger partial charge in [-0.3, -0.25) is 0 Å². The first-order valence-corrected chi connectivity index (χ1v) is 4.09. The predicted octanol–water partition coefficient (Wildman–Crippen LogP) is 2.21. The molecule has 0 aliphatic rings. The lowest BCUT2D eigenvalue weighted by Gasteiger charge is -1.96. The molecular weight excluding hydrogens is 154 g/mol. The molecule has 11 heavy (non-hydrogen) atoms. The van der Waals surface area contributed by atoms with Crippen LogP contribution < -0.4 is 5.73 Å². The van der Waals surface area contributed by atoms with Crippen LogP contribution in [-0.2, 0) is 0 Å². The molecule has 0 unspecified atom stereocenters. The largest absolute Gasteiger partial charge is 0.398 e. The Morgan fingerprint density at radius 3 is 2.73 bits per heavy atom. The van der Waals surface area contributed by atoms with E-state index >= 15 is 0 Å². The van der Waals surface area contributed by atoms with Gasteiger partial charge in [0.15, 0.2) is 0 Å². The number of rotatable bonds is 2. The summed E-state index contributed by atoms with van der Waals surface area (Å²) in [5.41, 5.74) is 7.55. The van der Waals surface area contributed by atoms with Crippen LogP contribution in [0.15, 0.2) is 30.3 Å². The average Bonchev–Trinajstić information content (AvgIpc) is 2.03. The molecule has 0 fully saturated rings. The summed E-state index contributed by atoms with van der Waals surface area (Å²) in [6.45, 7) is 0. The summed E-state index contributed by atoms with van der Waals surface area (Å²) in [4.78, 5) is 0. The van der Waals surface area contributed by atoms with Gasteiger partial charge in [0.05, 0.1) is 0 Å². The van der Waals surface area contributed by atoms with Crippen molar-refractivity contribution in [3.05, 3.63) is 35.9 Å². The third-order valence-electron chi connectivity index (χ3n) is 1.40. The highest BCUT2D eigenvalue weighted by Crippen LogP contribution is 2.11. The molecule has 1 nitrogen and oxygen atoms in total. The Morgan fingerprint density at radius 1 is 1.36 bits per heavy atom. The summed E-state index contributed by atoms with van der Waals surface area (Å²) in [5.74, 6) is 0.744. The van der Waals surface area contributed by atoms with Crippen molar-refractivity contribution in [2.75, 3.05) is 11.5 Å². The van der Waals surface area contributed by atoms with Gasteiger partial charge in [0.1, 0.15) is 0 Å². The predicted molar refractivity (Wildman–Crippen MR) is 53.7 cm³/mol. The Hall–Kier alpha value is -0.890. The lowest BCUT2D eigenvalue weighted by atomic mass is 10.2. The minimum absolute atomic E-state index is 0.744. The zero-order valence-electron chi connectivity index (χ0n) is 6.20. The third-order valence-corrected chi connectivity index (χ3v) is 1.61. The van der Waals surface area contributed by atoms with E-state index in [4.69, 9.17) is 5.73 Å². The van der Waals surface area contributed by atoms with Crippen molar-refractivity contribution in [1.82, 2.24) is 0 Å². The monoisotopic (exact) mass is 165 g/mol. The van der Waals surface area contributed by atoms with Crippen molar-refractivity contribution in [1.29, 1.82) is 0 Å². The minimum atomic E-state index is 0.744. The van der Waals surface area contributed by atoms with Crippen LogP contribution in [-0.4, -0.2) is 5.75 Å². The molecule has 2 N–H and O–H groups in total. The normalized spacial score (nSPS) is 10.6. The van der Waals surface area contributed by atoms with Crippen LogP contribution in [0.5, 0.6) is 0 Å². The molecule has 1 rings (SSSR count). The third kappa shape index (κ3) is 2.31. The molecule has 0 heterocycles. The van der Waals surface area contributed by atoms with Gasteiger partial charge >= 0.3 is 0 Å². The Labute approximate surface area is 72.3 Å². The number of thiol groups is 1. The first-order chi connectivity index (χ1) is 5.34. The molecule has 2 heteroatoms. The maximum absolute atomic E-state index is 5.69. The van der Waals surface area contributed by atoms with Gasteiger partial charge in [0, 0.05) is 11.4 Å². The molecule has 0 aromatic heterocycles. The molecule has 0 bridgehead atoms. The average molecular weight is 165 g/mol. The van der Waals surface area contributed by atoms with E-state index in [0.29, 0.717) is 0 Å². The Balaban J connectivity index is 2.86. The van der Waals surface area contributed by atoms with Crippen LogP contribution >= 0.6 is 12.6 Å². The fourth-order valence-corrected chi connectivity index (χ4v) is 0.948. The summed E-state index contributed by atoms with van der Waals surface area (Å²) in [6.07, 6.45) is 3.94. The molecular formula is C9H11NS. The summed E-state index contributed by atoms with van der Waals surface area (Å²) >= 11 is 4.06. The van der Waals surface area contributed by atoms with Gasteiger partial charge in [0.2, 0.25) is 0 Å². The number of hydrogen-bond donors (Lipinski definition) is 2. The molecule has 0 aliphatic heterocycles. The highest BCUT2D eigenvalue weighted by atomic mass is 32.1. The summed E-state index contributed by atoms with van der Waals surface area (Å²) in [7, 11) is 0. The number of anilines is 1. The van der Waals surface area contributed by atoms with E-state index in [2.05, 4.69) is 12.6 Å². The molecule has 1 aromatic rings. The van der Waals surface area contributed by atoms with Crippen molar-refractivity contribution in [3.8, 4) is 0 Å². The highest BCUT2D eigenvalue weighted by Gasteiger charge is 1.89. The molecule has 0 saturated heterocycles. The van der Waals surface area contributed by atoms with Crippen molar-refractivity contribution >= 4 is 24.4 Å². The molecule has 0 saturated carbocycles. The molecule has 0 aliphatic carbocycles. The van der Waals surface area contributed by atoms with Crippen LogP contribution in [0.2, 0.25) is 0 Å². The zero-order valence-corrected chi connectivity index (χ0v) is 7.09. The molecule has 0 spiro atoms. The van der Waals surface area contributed by atoms with Crippen molar-refractivity contribution in [2.24, 2.45) is 0 Å². The van der Waals surface area contributed by atoms with E-state index in [-0.39, 0.29) is 0 Å². The summed E-state index contributed by atoms with van der Waals surface area (Å²) < 4.78 is 0. The number of hydrogen-bond acceptors (Lipinski definition) is 2. The Kier molecular flexibility index (Phi) is 3.05.